The van der Waals surface area contributed by atoms with Crippen molar-refractivity contribution in [3.8, 4) is 0 Å². The summed E-state index contributed by atoms with van der Waals surface area (Å²) >= 11 is 0. The minimum Gasteiger partial charge on any atom is -0.458 e. The van der Waals surface area contributed by atoms with Gasteiger partial charge in [0.15, 0.2) is 11.4 Å². The number of fused-ring (bicyclic) bond motifs is 1. The van der Waals surface area contributed by atoms with Crippen LogP contribution in [0.2, 0.25) is 0 Å². The number of aromatic nitrogens is 4. The molecule has 4 rings (SSSR count). The maximum Gasteiger partial charge on any atom is 0.230 e. The maximum absolute atomic E-state index is 6.14. The lowest BCUT2D eigenvalue weighted by Gasteiger charge is -2.19. The molecule has 0 fully saturated rings. The van der Waals surface area contributed by atoms with Crippen molar-refractivity contribution in [1.82, 2.24) is 19.7 Å². The van der Waals surface area contributed by atoms with E-state index in [4.69, 9.17) is 20.3 Å². The highest BCUT2D eigenvalue weighted by atomic mass is 16.7. The van der Waals surface area contributed by atoms with E-state index in [0.717, 1.165) is 33.8 Å². The van der Waals surface area contributed by atoms with Crippen LogP contribution in [0.15, 0.2) is 36.1 Å². The average molecular weight is 325 g/mol. The SMILES string of the molecule is CC(C)(C)n1nc(C2=CC3=C(CC=C2)OCO3)c2c(N)ncnc21. The second kappa shape index (κ2) is 5.09. The predicted octanol–water partition coefficient (Wildman–Crippen LogP) is 2.72. The molecule has 7 nitrogen and oxygen atoms in total. The summed E-state index contributed by atoms with van der Waals surface area (Å²) in [6.45, 7) is 6.48. The van der Waals surface area contributed by atoms with Gasteiger partial charge in [0.1, 0.15) is 23.6 Å². The molecule has 24 heavy (non-hydrogen) atoms. The topological polar surface area (TPSA) is 88.1 Å². The monoisotopic (exact) mass is 325 g/mol. The van der Waals surface area contributed by atoms with Crippen molar-refractivity contribution in [2.24, 2.45) is 0 Å². The van der Waals surface area contributed by atoms with Gasteiger partial charge in [-0.05, 0) is 26.8 Å². The molecule has 0 aromatic carbocycles. The standard InChI is InChI=1S/C17H19N5O2/c1-17(2,3)22-16-13(15(18)19-8-20-16)14(21-22)10-5-4-6-11-12(7-10)24-9-23-11/h4-5,7-8H,6,9H2,1-3H3,(H2,18,19,20). The van der Waals surface area contributed by atoms with Gasteiger partial charge in [0.25, 0.3) is 0 Å². The number of nitrogens with two attached hydrogens (primary N) is 1. The summed E-state index contributed by atoms with van der Waals surface area (Å²) in [7, 11) is 0. The molecule has 1 aliphatic heterocycles. The quantitative estimate of drug-likeness (QED) is 0.867. The average Bonchev–Trinajstić information content (AvgIpc) is 3.07. The van der Waals surface area contributed by atoms with Gasteiger partial charge in [-0.2, -0.15) is 5.10 Å². The van der Waals surface area contributed by atoms with Crippen molar-refractivity contribution in [3.63, 3.8) is 0 Å². The van der Waals surface area contributed by atoms with Crippen LogP contribution in [0, 0.1) is 0 Å². The predicted molar refractivity (Wildman–Crippen MR) is 90.5 cm³/mol. The van der Waals surface area contributed by atoms with E-state index in [-0.39, 0.29) is 12.3 Å². The summed E-state index contributed by atoms with van der Waals surface area (Å²) in [6, 6.07) is 0. The van der Waals surface area contributed by atoms with E-state index in [9.17, 15) is 0 Å². The molecule has 0 saturated heterocycles. The third-order valence-electron chi connectivity index (χ3n) is 4.01. The Labute approximate surface area is 139 Å². The van der Waals surface area contributed by atoms with Gasteiger partial charge < -0.3 is 15.2 Å². The van der Waals surface area contributed by atoms with E-state index in [1.807, 2.05) is 22.9 Å². The molecule has 0 amide bonds. The van der Waals surface area contributed by atoms with Gasteiger partial charge in [-0.1, -0.05) is 12.2 Å². The molecule has 7 heteroatoms. The molecule has 0 radical (unpaired) electrons. The minimum atomic E-state index is -0.232. The third-order valence-corrected chi connectivity index (χ3v) is 4.01. The maximum atomic E-state index is 6.14. The first-order valence-corrected chi connectivity index (χ1v) is 7.82. The lowest BCUT2D eigenvalue weighted by molar-refractivity contribution is 0.0733. The number of hydrogen-bond acceptors (Lipinski definition) is 6. The van der Waals surface area contributed by atoms with Crippen molar-refractivity contribution in [1.29, 1.82) is 0 Å². The zero-order valence-corrected chi connectivity index (χ0v) is 13.9. The molecule has 0 bridgehead atoms. The van der Waals surface area contributed by atoms with Crippen LogP contribution in [-0.4, -0.2) is 26.5 Å². The lowest BCUT2D eigenvalue weighted by Crippen LogP contribution is -2.23. The fraction of sp³-hybridized carbons (Fsp3) is 0.353. The summed E-state index contributed by atoms with van der Waals surface area (Å²) in [5, 5.41) is 5.55. The molecule has 1 aliphatic carbocycles. The van der Waals surface area contributed by atoms with E-state index < -0.39 is 0 Å². The summed E-state index contributed by atoms with van der Waals surface area (Å²) in [6.07, 6.45) is 8.14. The first-order chi connectivity index (χ1) is 11.4. The molecule has 2 aromatic heterocycles. The summed E-state index contributed by atoms with van der Waals surface area (Å²) in [5.41, 5.74) is 8.28. The van der Waals surface area contributed by atoms with Crippen LogP contribution in [0.3, 0.4) is 0 Å². The first-order valence-electron chi connectivity index (χ1n) is 7.82. The Balaban J connectivity index is 1.97. The molecular formula is C17H19N5O2. The zero-order valence-electron chi connectivity index (χ0n) is 13.9. The molecule has 2 aromatic rings. The van der Waals surface area contributed by atoms with Crippen LogP contribution in [0.25, 0.3) is 16.6 Å². The molecule has 0 saturated carbocycles. The minimum absolute atomic E-state index is 0.232. The van der Waals surface area contributed by atoms with E-state index in [2.05, 4.69) is 30.7 Å². The van der Waals surface area contributed by atoms with Crippen LogP contribution >= 0.6 is 0 Å². The molecule has 2 aliphatic rings. The number of allylic oxidation sites excluding steroid dienone is 4. The fourth-order valence-corrected chi connectivity index (χ4v) is 2.87. The molecule has 3 heterocycles. The summed E-state index contributed by atoms with van der Waals surface area (Å²) in [4.78, 5) is 8.55. The van der Waals surface area contributed by atoms with Crippen LogP contribution < -0.4 is 5.73 Å². The van der Waals surface area contributed by atoms with Gasteiger partial charge in [-0.15, -0.1) is 0 Å². The molecule has 0 atom stereocenters. The van der Waals surface area contributed by atoms with Gasteiger partial charge in [-0.25, -0.2) is 14.6 Å². The number of ether oxygens (including phenoxy) is 2. The Kier molecular flexibility index (Phi) is 3.13. The van der Waals surface area contributed by atoms with Crippen LogP contribution in [-0.2, 0) is 15.0 Å². The Morgan fingerprint density at radius 1 is 1.21 bits per heavy atom. The molecule has 0 unspecified atom stereocenters. The first kappa shape index (κ1) is 14.7. The molecule has 0 spiro atoms. The van der Waals surface area contributed by atoms with E-state index in [0.29, 0.717) is 12.2 Å². The van der Waals surface area contributed by atoms with E-state index in [1.54, 1.807) is 0 Å². The number of hydrogen-bond donors (Lipinski definition) is 1. The van der Waals surface area contributed by atoms with Crippen molar-refractivity contribution in [2.45, 2.75) is 32.7 Å². The molecular weight excluding hydrogens is 306 g/mol. The largest absolute Gasteiger partial charge is 0.458 e. The van der Waals surface area contributed by atoms with Crippen LogP contribution in [0.4, 0.5) is 5.82 Å². The second-order valence-corrected chi connectivity index (χ2v) is 6.79. The van der Waals surface area contributed by atoms with Crippen LogP contribution in [0.5, 0.6) is 0 Å². The Morgan fingerprint density at radius 2 is 2.04 bits per heavy atom. The number of nitrogen functional groups attached to an aromatic ring is 1. The number of anilines is 1. The Morgan fingerprint density at radius 3 is 2.83 bits per heavy atom. The van der Waals surface area contributed by atoms with Gasteiger partial charge >= 0.3 is 0 Å². The number of rotatable bonds is 1. The van der Waals surface area contributed by atoms with E-state index in [1.165, 1.54) is 6.33 Å². The van der Waals surface area contributed by atoms with E-state index >= 15 is 0 Å². The second-order valence-electron chi connectivity index (χ2n) is 6.79. The third kappa shape index (κ3) is 2.24. The van der Waals surface area contributed by atoms with Crippen LogP contribution in [0.1, 0.15) is 32.9 Å². The smallest absolute Gasteiger partial charge is 0.230 e. The van der Waals surface area contributed by atoms with Gasteiger partial charge in [0, 0.05) is 12.0 Å². The Bertz CT molecular complexity index is 915. The van der Waals surface area contributed by atoms with Gasteiger partial charge in [0.05, 0.1) is 10.9 Å². The normalized spacial score (nSPS) is 17.4. The molecule has 2 N–H and O–H groups in total. The van der Waals surface area contributed by atoms with Crippen molar-refractivity contribution in [3.05, 3.63) is 41.8 Å². The van der Waals surface area contributed by atoms with Crippen molar-refractivity contribution >= 4 is 22.4 Å². The summed E-state index contributed by atoms with van der Waals surface area (Å²) < 4.78 is 12.9. The Hall–Kier alpha value is -2.83. The van der Waals surface area contributed by atoms with Gasteiger partial charge in [-0.3, -0.25) is 0 Å². The highest BCUT2D eigenvalue weighted by Gasteiger charge is 2.26. The van der Waals surface area contributed by atoms with Gasteiger partial charge in [0.2, 0.25) is 6.79 Å². The lowest BCUT2D eigenvalue weighted by atomic mass is 10.1. The highest BCUT2D eigenvalue weighted by Crippen LogP contribution is 2.34. The molecule has 124 valence electrons. The summed E-state index contributed by atoms with van der Waals surface area (Å²) in [5.74, 6) is 2.00. The fourth-order valence-electron chi connectivity index (χ4n) is 2.87. The van der Waals surface area contributed by atoms with Crippen molar-refractivity contribution < 1.29 is 9.47 Å². The zero-order chi connectivity index (χ0) is 16.9. The highest BCUT2D eigenvalue weighted by molar-refractivity contribution is 5.98. The van der Waals surface area contributed by atoms with Crippen molar-refractivity contribution in [2.75, 3.05) is 12.5 Å². The number of nitrogens with zero attached hydrogens (tertiary/aromatic N) is 4.